The van der Waals surface area contributed by atoms with Gasteiger partial charge in [-0.3, -0.25) is 9.35 Å². The lowest BCUT2D eigenvalue weighted by Crippen LogP contribution is -2.34. The SMILES string of the molecule is CC(C)(C)OC(=O)NCCCn1c2c(sc1=O)C1CN(C2)C(=O)N1OS(=O)(=O)O. The number of urea groups is 1. The summed E-state index contributed by atoms with van der Waals surface area (Å²) in [6.45, 7) is 6.12. The van der Waals surface area contributed by atoms with E-state index in [-0.39, 0.29) is 24.5 Å². The maximum Gasteiger partial charge on any atom is 0.418 e. The number of hydrogen-bond acceptors (Lipinski definition) is 8. The first kappa shape index (κ1) is 21.5. The van der Waals surface area contributed by atoms with Gasteiger partial charge in [-0.1, -0.05) is 11.3 Å². The van der Waals surface area contributed by atoms with Crippen LogP contribution in [-0.4, -0.2) is 58.3 Å². The molecule has 14 heteroatoms. The van der Waals surface area contributed by atoms with Gasteiger partial charge in [-0.15, -0.1) is 4.28 Å². The molecular weight excluding hydrogens is 428 g/mol. The van der Waals surface area contributed by atoms with E-state index in [2.05, 4.69) is 9.60 Å². The molecule has 0 aliphatic carbocycles. The Balaban J connectivity index is 1.68. The van der Waals surface area contributed by atoms with Gasteiger partial charge in [0.2, 0.25) is 0 Å². The number of thiazole rings is 1. The van der Waals surface area contributed by atoms with Crippen molar-refractivity contribution in [3.8, 4) is 0 Å². The molecule has 3 heterocycles. The Morgan fingerprint density at radius 1 is 1.34 bits per heavy atom. The van der Waals surface area contributed by atoms with Crippen LogP contribution in [0.2, 0.25) is 0 Å². The molecule has 2 aliphatic rings. The summed E-state index contributed by atoms with van der Waals surface area (Å²) in [5.74, 6) is 0. The van der Waals surface area contributed by atoms with Crippen LogP contribution in [0.15, 0.2) is 4.79 Å². The maximum absolute atomic E-state index is 12.4. The second kappa shape index (κ2) is 7.59. The summed E-state index contributed by atoms with van der Waals surface area (Å²) in [4.78, 5) is 37.9. The molecule has 1 fully saturated rings. The topological polar surface area (TPSA) is 147 Å². The molecule has 162 valence electrons. The van der Waals surface area contributed by atoms with E-state index in [4.69, 9.17) is 9.29 Å². The highest BCUT2D eigenvalue weighted by Crippen LogP contribution is 2.39. The third kappa shape index (κ3) is 4.88. The van der Waals surface area contributed by atoms with E-state index < -0.39 is 34.2 Å². The maximum atomic E-state index is 12.4. The first-order valence-corrected chi connectivity index (χ1v) is 11.0. The summed E-state index contributed by atoms with van der Waals surface area (Å²) in [5, 5.41) is 3.19. The van der Waals surface area contributed by atoms with Crippen molar-refractivity contribution in [2.45, 2.75) is 51.9 Å². The smallest absolute Gasteiger partial charge is 0.418 e. The van der Waals surface area contributed by atoms with Crippen LogP contribution in [0.1, 0.15) is 43.8 Å². The monoisotopic (exact) mass is 450 g/mol. The second-order valence-electron chi connectivity index (χ2n) is 7.62. The predicted octanol–water partition coefficient (Wildman–Crippen LogP) is 0.851. The number of carbonyl (C=O) groups excluding carboxylic acids is 2. The van der Waals surface area contributed by atoms with Crippen molar-refractivity contribution < 1.29 is 31.6 Å². The molecule has 12 nitrogen and oxygen atoms in total. The van der Waals surface area contributed by atoms with Crippen molar-refractivity contribution in [3.05, 3.63) is 20.2 Å². The molecule has 3 amide bonds. The minimum atomic E-state index is -4.88. The fourth-order valence-electron chi connectivity index (χ4n) is 3.16. The zero-order valence-electron chi connectivity index (χ0n) is 16.1. The summed E-state index contributed by atoms with van der Waals surface area (Å²) >= 11 is 0.899. The Morgan fingerprint density at radius 3 is 2.66 bits per heavy atom. The lowest BCUT2D eigenvalue weighted by molar-refractivity contribution is -0.0308. The highest BCUT2D eigenvalue weighted by Gasteiger charge is 2.48. The molecule has 2 bridgehead atoms. The number of alkyl carbamates (subject to hydrolysis) is 1. The Morgan fingerprint density at radius 2 is 2.03 bits per heavy atom. The minimum absolute atomic E-state index is 0.119. The molecule has 1 unspecified atom stereocenters. The van der Waals surface area contributed by atoms with Gasteiger partial charge in [-0.2, -0.15) is 13.5 Å². The second-order valence-corrected chi connectivity index (χ2v) is 9.62. The molecular formula is C15H22N4O8S2. The van der Waals surface area contributed by atoms with Gasteiger partial charge in [0.25, 0.3) is 0 Å². The van der Waals surface area contributed by atoms with E-state index in [1.807, 2.05) is 0 Å². The number of hydrogen-bond donors (Lipinski definition) is 2. The van der Waals surface area contributed by atoms with Gasteiger partial charge in [-0.05, 0) is 27.2 Å². The van der Waals surface area contributed by atoms with Crippen molar-refractivity contribution in [3.63, 3.8) is 0 Å². The summed E-state index contributed by atoms with van der Waals surface area (Å²) in [7, 11) is -4.88. The van der Waals surface area contributed by atoms with Crippen LogP contribution < -0.4 is 10.2 Å². The van der Waals surface area contributed by atoms with Crippen molar-refractivity contribution in [2.24, 2.45) is 0 Å². The van der Waals surface area contributed by atoms with Crippen molar-refractivity contribution in [1.29, 1.82) is 0 Å². The average Bonchev–Trinajstić information content (AvgIpc) is 3.00. The third-order valence-electron chi connectivity index (χ3n) is 4.21. The number of nitrogens with zero attached hydrogens (tertiary/aromatic N) is 3. The van der Waals surface area contributed by atoms with Gasteiger partial charge in [0, 0.05) is 13.1 Å². The van der Waals surface area contributed by atoms with Gasteiger partial charge in [-0.25, -0.2) is 9.59 Å². The minimum Gasteiger partial charge on any atom is -0.444 e. The summed E-state index contributed by atoms with van der Waals surface area (Å²) in [5.41, 5.74) is -0.0210. The summed E-state index contributed by atoms with van der Waals surface area (Å²) in [6.07, 6.45) is -0.100. The van der Waals surface area contributed by atoms with E-state index in [0.717, 1.165) is 11.3 Å². The molecule has 2 aliphatic heterocycles. The largest absolute Gasteiger partial charge is 0.444 e. The molecule has 0 aromatic carbocycles. The molecule has 0 spiro atoms. The molecule has 1 saturated heterocycles. The van der Waals surface area contributed by atoms with Crippen LogP contribution >= 0.6 is 11.3 Å². The lowest BCUT2D eigenvalue weighted by atomic mass is 10.1. The van der Waals surface area contributed by atoms with Crippen molar-refractivity contribution in [1.82, 2.24) is 19.8 Å². The van der Waals surface area contributed by atoms with Gasteiger partial charge in [0.15, 0.2) is 0 Å². The normalized spacial score (nSPS) is 18.8. The average molecular weight is 450 g/mol. The van der Waals surface area contributed by atoms with Crippen LogP contribution in [-0.2, 0) is 32.5 Å². The lowest BCUT2D eigenvalue weighted by Gasteiger charge is -2.22. The molecule has 0 saturated carbocycles. The van der Waals surface area contributed by atoms with Crippen LogP contribution in [0, 0.1) is 0 Å². The summed E-state index contributed by atoms with van der Waals surface area (Å²) in [6, 6.07) is -1.51. The van der Waals surface area contributed by atoms with Crippen LogP contribution in [0.25, 0.3) is 0 Å². The molecule has 1 aromatic rings. The van der Waals surface area contributed by atoms with Gasteiger partial charge in [0.1, 0.15) is 11.6 Å². The van der Waals surface area contributed by atoms with Gasteiger partial charge in [0.05, 0.1) is 23.7 Å². The number of ether oxygens (including phenoxy) is 1. The quantitative estimate of drug-likeness (QED) is 0.479. The van der Waals surface area contributed by atoms with Crippen LogP contribution in [0.5, 0.6) is 0 Å². The van der Waals surface area contributed by atoms with E-state index >= 15 is 0 Å². The molecule has 0 radical (unpaired) electrons. The fraction of sp³-hybridized carbons (Fsp3) is 0.667. The zero-order valence-corrected chi connectivity index (χ0v) is 17.7. The van der Waals surface area contributed by atoms with Crippen molar-refractivity contribution in [2.75, 3.05) is 13.1 Å². The Kier molecular flexibility index (Phi) is 5.64. The molecule has 3 rings (SSSR count). The summed E-state index contributed by atoms with van der Waals surface area (Å²) < 4.78 is 42.0. The Bertz CT molecular complexity index is 977. The predicted molar refractivity (Wildman–Crippen MR) is 100 cm³/mol. The van der Waals surface area contributed by atoms with Gasteiger partial charge < -0.3 is 19.5 Å². The van der Waals surface area contributed by atoms with E-state index in [0.29, 0.717) is 28.6 Å². The number of amides is 3. The number of nitrogens with one attached hydrogen (secondary N) is 1. The number of rotatable bonds is 6. The van der Waals surface area contributed by atoms with Gasteiger partial charge >= 0.3 is 27.4 Å². The number of aromatic nitrogens is 1. The third-order valence-corrected chi connectivity index (χ3v) is 5.68. The first-order chi connectivity index (χ1) is 13.4. The number of fused-ring (bicyclic) bond motifs is 4. The number of carbonyl (C=O) groups is 2. The molecule has 2 N–H and O–H groups in total. The zero-order chi connectivity index (χ0) is 21.6. The molecule has 29 heavy (non-hydrogen) atoms. The van der Waals surface area contributed by atoms with Crippen LogP contribution in [0.3, 0.4) is 0 Å². The first-order valence-electron chi connectivity index (χ1n) is 8.80. The Hall–Kier alpha value is -2.16. The van der Waals surface area contributed by atoms with Crippen molar-refractivity contribution >= 4 is 33.9 Å². The highest BCUT2D eigenvalue weighted by molar-refractivity contribution is 7.80. The highest BCUT2D eigenvalue weighted by atomic mass is 32.3. The standard InChI is InChI=1S/C15H22N4O8S2/c1-15(2,3)26-12(20)16-5-4-6-18-9-7-17-8-10(11(9)28-14(18)22)19(13(17)21)27-29(23,24)25/h10H,4-8H2,1-3H3,(H,16,20)(H,23,24,25). The number of hydroxylamine groups is 2. The van der Waals surface area contributed by atoms with Crippen LogP contribution in [0.4, 0.5) is 9.59 Å². The van der Waals surface area contributed by atoms with E-state index in [1.54, 1.807) is 20.8 Å². The van der Waals surface area contributed by atoms with E-state index in [9.17, 15) is 22.8 Å². The molecule has 1 aromatic heterocycles. The fourth-order valence-corrected chi connectivity index (χ4v) is 4.63. The Labute approximate surface area is 170 Å². The van der Waals surface area contributed by atoms with E-state index in [1.165, 1.54) is 9.47 Å². The molecule has 1 atom stereocenters.